The van der Waals surface area contributed by atoms with Crippen LogP contribution in [-0.4, -0.2) is 30.5 Å². The molecule has 1 fully saturated rings. The van der Waals surface area contributed by atoms with Crippen molar-refractivity contribution < 1.29 is 4.79 Å². The van der Waals surface area contributed by atoms with Crippen LogP contribution in [0.5, 0.6) is 0 Å². The van der Waals surface area contributed by atoms with Gasteiger partial charge in [-0.05, 0) is 37.3 Å². The van der Waals surface area contributed by atoms with Crippen LogP contribution in [0, 0.1) is 17.2 Å². The Morgan fingerprint density at radius 3 is 3.24 bits per heavy atom. The van der Waals surface area contributed by atoms with Crippen LogP contribution in [0.1, 0.15) is 38.3 Å². The highest BCUT2D eigenvalue weighted by Gasteiger charge is 2.20. The number of carbonyl (C=O) groups is 1. The van der Waals surface area contributed by atoms with E-state index in [-0.39, 0.29) is 5.91 Å². The van der Waals surface area contributed by atoms with Crippen LogP contribution >= 0.6 is 0 Å². The molecule has 1 aliphatic rings. The largest absolute Gasteiger partial charge is 0.371 e. The van der Waals surface area contributed by atoms with Crippen molar-refractivity contribution in [3.05, 3.63) is 24.0 Å². The summed E-state index contributed by atoms with van der Waals surface area (Å²) in [5, 5.41) is 11.9. The smallest absolute Gasteiger partial charge is 0.219 e. The van der Waals surface area contributed by atoms with Gasteiger partial charge in [-0.3, -0.25) is 4.79 Å². The van der Waals surface area contributed by atoms with E-state index in [9.17, 15) is 4.79 Å². The zero-order valence-electron chi connectivity index (χ0n) is 12.5. The lowest BCUT2D eigenvalue weighted by Crippen LogP contribution is -2.41. The Hall–Kier alpha value is -2.09. The first-order valence-electron chi connectivity index (χ1n) is 7.60. The number of aromatic nitrogens is 1. The summed E-state index contributed by atoms with van der Waals surface area (Å²) >= 11 is 0. The number of anilines is 1. The molecule has 2 rings (SSSR count). The van der Waals surface area contributed by atoms with E-state index in [2.05, 4.69) is 21.3 Å². The van der Waals surface area contributed by atoms with Crippen molar-refractivity contribution in [1.29, 1.82) is 5.26 Å². The number of pyridine rings is 1. The van der Waals surface area contributed by atoms with Crippen LogP contribution in [0.2, 0.25) is 0 Å². The molecular weight excluding hydrogens is 264 g/mol. The van der Waals surface area contributed by atoms with Crippen LogP contribution in [-0.2, 0) is 4.79 Å². The van der Waals surface area contributed by atoms with E-state index in [0.29, 0.717) is 18.0 Å². The summed E-state index contributed by atoms with van der Waals surface area (Å²) < 4.78 is 0. The molecule has 1 saturated heterocycles. The van der Waals surface area contributed by atoms with Gasteiger partial charge in [-0.2, -0.15) is 5.26 Å². The number of nitrogens with zero attached hydrogens (tertiary/aromatic N) is 3. The van der Waals surface area contributed by atoms with Crippen molar-refractivity contribution >= 4 is 11.6 Å². The van der Waals surface area contributed by atoms with E-state index >= 15 is 0 Å². The molecular formula is C16H22N4O. The summed E-state index contributed by atoms with van der Waals surface area (Å²) in [5.41, 5.74) is 1.50. The fraction of sp³-hybridized carbons (Fsp3) is 0.562. The quantitative estimate of drug-likeness (QED) is 0.900. The average molecular weight is 286 g/mol. The maximum atomic E-state index is 11.6. The van der Waals surface area contributed by atoms with E-state index < -0.39 is 0 Å². The second-order valence-electron chi connectivity index (χ2n) is 5.52. The monoisotopic (exact) mass is 286 g/mol. The highest BCUT2D eigenvalue weighted by molar-refractivity contribution is 5.75. The molecule has 21 heavy (non-hydrogen) atoms. The van der Waals surface area contributed by atoms with Crippen molar-refractivity contribution in [2.45, 2.75) is 32.6 Å². The first kappa shape index (κ1) is 15.3. The molecule has 0 bridgehead atoms. The molecule has 5 nitrogen and oxygen atoms in total. The lowest BCUT2D eigenvalue weighted by Gasteiger charge is -2.34. The molecule has 1 amide bonds. The van der Waals surface area contributed by atoms with Gasteiger partial charge in [-0.15, -0.1) is 0 Å². The molecule has 0 aliphatic carbocycles. The van der Waals surface area contributed by atoms with Crippen LogP contribution in [0.3, 0.4) is 0 Å². The molecule has 1 unspecified atom stereocenters. The third-order valence-electron chi connectivity index (χ3n) is 3.81. The number of rotatable bonds is 5. The van der Waals surface area contributed by atoms with Gasteiger partial charge < -0.3 is 10.2 Å². The Balaban J connectivity index is 1.91. The highest BCUT2D eigenvalue weighted by atomic mass is 16.1. The van der Waals surface area contributed by atoms with Gasteiger partial charge >= 0.3 is 0 Å². The first-order valence-corrected chi connectivity index (χ1v) is 7.60. The molecule has 0 aromatic carbocycles. The lowest BCUT2D eigenvalue weighted by molar-refractivity contribution is -0.121. The Labute approximate surface area is 126 Å². The minimum Gasteiger partial charge on any atom is -0.371 e. The number of nitrogens with one attached hydrogen (secondary N) is 1. The van der Waals surface area contributed by atoms with Crippen LogP contribution in [0.4, 0.5) is 5.69 Å². The SMILES string of the molecule is CCCC(=O)NCC1CCCN(c2ccnc(C#N)c2)C1. The van der Waals surface area contributed by atoms with E-state index in [4.69, 9.17) is 5.26 Å². The standard InChI is InChI=1S/C16H22N4O/c1-2-4-16(21)19-11-13-5-3-8-20(12-13)15-6-7-18-14(9-15)10-17/h6-7,9,13H,2-5,8,11-12H2,1H3,(H,19,21). The Kier molecular flexibility index (Phi) is 5.56. The van der Waals surface area contributed by atoms with Gasteiger partial charge in [0.15, 0.2) is 0 Å². The van der Waals surface area contributed by atoms with Gasteiger partial charge in [-0.1, -0.05) is 6.92 Å². The summed E-state index contributed by atoms with van der Waals surface area (Å²) in [6.45, 7) is 4.67. The van der Waals surface area contributed by atoms with E-state index in [1.165, 1.54) is 0 Å². The first-order chi connectivity index (χ1) is 10.2. The minimum atomic E-state index is 0.144. The van der Waals surface area contributed by atoms with Crippen LogP contribution in [0.15, 0.2) is 18.3 Å². The van der Waals surface area contributed by atoms with Crippen molar-refractivity contribution in [2.75, 3.05) is 24.5 Å². The second-order valence-corrected chi connectivity index (χ2v) is 5.52. The molecule has 112 valence electrons. The van der Waals surface area contributed by atoms with Gasteiger partial charge in [-0.25, -0.2) is 4.98 Å². The molecule has 0 radical (unpaired) electrons. The molecule has 1 N–H and O–H groups in total. The molecule has 2 heterocycles. The van der Waals surface area contributed by atoms with Crippen molar-refractivity contribution in [3.8, 4) is 6.07 Å². The summed E-state index contributed by atoms with van der Waals surface area (Å²) in [6.07, 6.45) is 5.42. The number of hydrogen-bond donors (Lipinski definition) is 1. The van der Waals surface area contributed by atoms with Gasteiger partial charge in [0.2, 0.25) is 5.91 Å². The molecule has 1 aromatic rings. The van der Waals surface area contributed by atoms with Crippen LogP contribution in [0.25, 0.3) is 0 Å². The van der Waals surface area contributed by atoms with Gasteiger partial charge in [0.05, 0.1) is 0 Å². The van der Waals surface area contributed by atoms with Crippen molar-refractivity contribution in [2.24, 2.45) is 5.92 Å². The van der Waals surface area contributed by atoms with E-state index in [1.807, 2.05) is 19.1 Å². The summed E-state index contributed by atoms with van der Waals surface area (Å²) in [6, 6.07) is 5.85. The number of hydrogen-bond acceptors (Lipinski definition) is 4. The number of amides is 1. The topological polar surface area (TPSA) is 69.0 Å². The van der Waals surface area contributed by atoms with Gasteiger partial charge in [0.25, 0.3) is 0 Å². The van der Waals surface area contributed by atoms with Gasteiger partial charge in [0, 0.05) is 37.9 Å². The second kappa shape index (κ2) is 7.63. The number of carbonyl (C=O) groups excluding carboxylic acids is 1. The van der Waals surface area contributed by atoms with E-state index in [1.54, 1.807) is 6.20 Å². The number of nitriles is 1. The summed E-state index contributed by atoms with van der Waals surface area (Å²) in [4.78, 5) is 17.8. The molecule has 0 saturated carbocycles. The zero-order chi connectivity index (χ0) is 15.1. The third kappa shape index (κ3) is 4.45. The summed E-state index contributed by atoms with van der Waals surface area (Å²) in [5.74, 6) is 0.614. The predicted octanol–water partition coefficient (Wildman–Crippen LogP) is 2.09. The van der Waals surface area contributed by atoms with Crippen molar-refractivity contribution in [3.63, 3.8) is 0 Å². The number of piperidine rings is 1. The Morgan fingerprint density at radius 1 is 1.62 bits per heavy atom. The molecule has 5 heteroatoms. The Morgan fingerprint density at radius 2 is 2.48 bits per heavy atom. The molecule has 0 spiro atoms. The average Bonchev–Trinajstić information content (AvgIpc) is 2.53. The summed E-state index contributed by atoms with van der Waals surface area (Å²) in [7, 11) is 0. The Bertz CT molecular complexity index is 523. The fourth-order valence-electron chi connectivity index (χ4n) is 2.72. The van der Waals surface area contributed by atoms with Crippen LogP contribution < -0.4 is 10.2 Å². The molecule has 1 aliphatic heterocycles. The maximum Gasteiger partial charge on any atom is 0.219 e. The van der Waals surface area contributed by atoms with Gasteiger partial charge in [0.1, 0.15) is 11.8 Å². The highest BCUT2D eigenvalue weighted by Crippen LogP contribution is 2.23. The fourth-order valence-corrected chi connectivity index (χ4v) is 2.72. The minimum absolute atomic E-state index is 0.144. The zero-order valence-corrected chi connectivity index (χ0v) is 12.5. The van der Waals surface area contributed by atoms with Crippen molar-refractivity contribution in [1.82, 2.24) is 10.3 Å². The van der Waals surface area contributed by atoms with E-state index in [0.717, 1.165) is 44.6 Å². The normalized spacial score (nSPS) is 18.1. The maximum absolute atomic E-state index is 11.6. The predicted molar refractivity (Wildman–Crippen MR) is 81.8 cm³/mol. The molecule has 1 atom stereocenters. The third-order valence-corrected chi connectivity index (χ3v) is 3.81. The lowest BCUT2D eigenvalue weighted by atomic mass is 9.97. The molecule has 1 aromatic heterocycles.